The lowest BCUT2D eigenvalue weighted by atomic mass is 9.94. The van der Waals surface area contributed by atoms with Gasteiger partial charge >= 0.3 is 0 Å². The van der Waals surface area contributed by atoms with Gasteiger partial charge in [-0.15, -0.1) is 0 Å². The van der Waals surface area contributed by atoms with Gasteiger partial charge in [-0.05, 0) is 57.6 Å². The SMILES string of the molecule is c1ccc(-c2ccc(-c3nc(-c4ccccc4)nc(-n4c5ccccc5c5ccc6c7ccccc7n(-c7cccc(-c8ccccc8-c8ccccc8)c7)c6c54)n3)cc2)cc1. The van der Waals surface area contributed by atoms with Crippen molar-refractivity contribution in [1.82, 2.24) is 24.1 Å². The minimum atomic E-state index is 0.557. The molecule has 12 aromatic rings. The van der Waals surface area contributed by atoms with Crippen LogP contribution >= 0.6 is 0 Å². The van der Waals surface area contributed by atoms with Gasteiger partial charge in [-0.3, -0.25) is 4.57 Å². The highest BCUT2D eigenvalue weighted by Crippen LogP contribution is 2.42. The summed E-state index contributed by atoms with van der Waals surface area (Å²) in [4.78, 5) is 15.8. The maximum Gasteiger partial charge on any atom is 0.238 e. The van der Waals surface area contributed by atoms with Crippen molar-refractivity contribution in [2.24, 2.45) is 0 Å². The van der Waals surface area contributed by atoms with Gasteiger partial charge in [0.1, 0.15) is 0 Å². The van der Waals surface area contributed by atoms with Gasteiger partial charge in [0, 0.05) is 38.4 Å². The molecule has 0 bridgehead atoms. The van der Waals surface area contributed by atoms with Gasteiger partial charge in [0.2, 0.25) is 5.95 Å². The van der Waals surface area contributed by atoms with Crippen LogP contribution in [0.2, 0.25) is 0 Å². The molecule has 0 fully saturated rings. The highest BCUT2D eigenvalue weighted by Gasteiger charge is 2.24. The van der Waals surface area contributed by atoms with Crippen molar-refractivity contribution in [3.05, 3.63) is 224 Å². The average molecular weight is 792 g/mol. The van der Waals surface area contributed by atoms with Gasteiger partial charge in [0.15, 0.2) is 11.6 Å². The Hall–Kier alpha value is -8.41. The molecular formula is C57H37N5. The van der Waals surface area contributed by atoms with Crippen LogP contribution in [0.3, 0.4) is 0 Å². The normalized spacial score (nSPS) is 11.5. The summed E-state index contributed by atoms with van der Waals surface area (Å²) >= 11 is 0. The summed E-state index contributed by atoms with van der Waals surface area (Å²) in [5, 5.41) is 4.58. The zero-order chi connectivity index (χ0) is 41.0. The van der Waals surface area contributed by atoms with E-state index >= 15 is 0 Å². The molecule has 0 spiro atoms. The van der Waals surface area contributed by atoms with E-state index < -0.39 is 0 Å². The second kappa shape index (κ2) is 14.7. The molecule has 0 N–H and O–H groups in total. The number of hydrogen-bond donors (Lipinski definition) is 0. The molecule has 0 aliphatic rings. The molecular weight excluding hydrogens is 755 g/mol. The quantitative estimate of drug-likeness (QED) is 0.162. The maximum atomic E-state index is 5.36. The first-order chi connectivity index (χ1) is 30.8. The summed E-state index contributed by atoms with van der Waals surface area (Å²) in [5.74, 6) is 1.78. The van der Waals surface area contributed by atoms with Crippen LogP contribution in [-0.4, -0.2) is 24.1 Å². The van der Waals surface area contributed by atoms with E-state index in [1.54, 1.807) is 0 Å². The molecule has 290 valence electrons. The van der Waals surface area contributed by atoms with Gasteiger partial charge in [0.25, 0.3) is 0 Å². The minimum absolute atomic E-state index is 0.557. The van der Waals surface area contributed by atoms with Crippen molar-refractivity contribution < 1.29 is 0 Å². The lowest BCUT2D eigenvalue weighted by Crippen LogP contribution is -2.07. The van der Waals surface area contributed by atoms with Crippen molar-refractivity contribution in [3.8, 4) is 67.8 Å². The third kappa shape index (κ3) is 5.90. The van der Waals surface area contributed by atoms with Gasteiger partial charge in [-0.1, -0.05) is 200 Å². The summed E-state index contributed by atoms with van der Waals surface area (Å²) in [5.41, 5.74) is 14.2. The highest BCUT2D eigenvalue weighted by atomic mass is 15.2. The monoisotopic (exact) mass is 791 g/mol. The van der Waals surface area contributed by atoms with Crippen LogP contribution in [0.15, 0.2) is 224 Å². The first-order valence-electron chi connectivity index (χ1n) is 21.0. The van der Waals surface area contributed by atoms with E-state index in [-0.39, 0.29) is 0 Å². The Labute approximate surface area is 358 Å². The number of hydrogen-bond acceptors (Lipinski definition) is 3. The number of benzene rings is 9. The van der Waals surface area contributed by atoms with Gasteiger partial charge in [-0.25, -0.2) is 4.98 Å². The Bertz CT molecular complexity index is 3610. The lowest BCUT2D eigenvalue weighted by molar-refractivity contribution is 0.953. The number of fused-ring (bicyclic) bond motifs is 7. The number of para-hydroxylation sites is 2. The number of nitrogens with zero attached hydrogens (tertiary/aromatic N) is 5. The van der Waals surface area contributed by atoms with Crippen molar-refractivity contribution >= 4 is 43.6 Å². The molecule has 9 aromatic carbocycles. The predicted molar refractivity (Wildman–Crippen MR) is 256 cm³/mol. The van der Waals surface area contributed by atoms with E-state index in [2.05, 4.69) is 209 Å². The Morgan fingerprint density at radius 1 is 0.274 bits per heavy atom. The third-order valence-corrected chi connectivity index (χ3v) is 12.0. The van der Waals surface area contributed by atoms with Crippen LogP contribution in [-0.2, 0) is 0 Å². The fourth-order valence-electron chi connectivity index (χ4n) is 9.15. The molecule has 0 saturated carbocycles. The maximum absolute atomic E-state index is 5.36. The Morgan fingerprint density at radius 3 is 1.34 bits per heavy atom. The Morgan fingerprint density at radius 2 is 0.710 bits per heavy atom. The van der Waals surface area contributed by atoms with Crippen molar-refractivity contribution in [2.75, 3.05) is 0 Å². The average Bonchev–Trinajstić information content (AvgIpc) is 3.88. The third-order valence-electron chi connectivity index (χ3n) is 12.0. The molecule has 0 saturated heterocycles. The number of rotatable bonds is 7. The van der Waals surface area contributed by atoms with E-state index in [1.165, 1.54) is 22.1 Å². The topological polar surface area (TPSA) is 48.5 Å². The molecule has 5 heteroatoms. The highest BCUT2D eigenvalue weighted by molar-refractivity contribution is 6.23. The smallest absolute Gasteiger partial charge is 0.238 e. The van der Waals surface area contributed by atoms with E-state index in [1.807, 2.05) is 24.3 Å². The molecule has 3 aromatic heterocycles. The summed E-state index contributed by atoms with van der Waals surface area (Å²) in [6.07, 6.45) is 0. The van der Waals surface area contributed by atoms with Crippen LogP contribution < -0.4 is 0 Å². The zero-order valence-corrected chi connectivity index (χ0v) is 33.6. The summed E-state index contributed by atoms with van der Waals surface area (Å²) in [7, 11) is 0. The second-order valence-corrected chi connectivity index (χ2v) is 15.6. The zero-order valence-electron chi connectivity index (χ0n) is 33.6. The van der Waals surface area contributed by atoms with Crippen LogP contribution in [0, 0.1) is 0 Å². The Balaban J connectivity index is 1.14. The Kier molecular flexibility index (Phi) is 8.42. The molecule has 0 unspecified atom stereocenters. The van der Waals surface area contributed by atoms with E-state index in [0.717, 1.165) is 71.7 Å². The minimum Gasteiger partial charge on any atom is -0.307 e. The molecule has 0 aliphatic heterocycles. The van der Waals surface area contributed by atoms with Crippen LogP contribution in [0.25, 0.3) is 111 Å². The van der Waals surface area contributed by atoms with E-state index in [0.29, 0.717) is 17.6 Å². The predicted octanol–water partition coefficient (Wildman–Crippen LogP) is 14.4. The second-order valence-electron chi connectivity index (χ2n) is 15.6. The molecule has 0 amide bonds. The summed E-state index contributed by atoms with van der Waals surface area (Å²) < 4.78 is 4.69. The fraction of sp³-hybridized carbons (Fsp3) is 0. The summed E-state index contributed by atoms with van der Waals surface area (Å²) in [6, 6.07) is 79.3. The first-order valence-corrected chi connectivity index (χ1v) is 21.0. The molecule has 12 rings (SSSR count). The summed E-state index contributed by atoms with van der Waals surface area (Å²) in [6.45, 7) is 0. The standard InChI is InChI=1S/C57H37N5/c1-4-17-38(18-5-1)39-31-33-42(34-32-39)56-58-55(41-21-8-3-9-22-41)59-57(60-56)62-52-30-15-13-28-48(52)50-36-35-49-47-27-12-14-29-51(47)61(53(49)54(50)62)44-24-16-23-43(37-44)46-26-11-10-25-45(46)40-19-6-2-7-20-40/h1-37H. The largest absolute Gasteiger partial charge is 0.307 e. The molecule has 3 heterocycles. The van der Waals surface area contributed by atoms with Crippen molar-refractivity contribution in [2.45, 2.75) is 0 Å². The van der Waals surface area contributed by atoms with Crippen LogP contribution in [0.5, 0.6) is 0 Å². The fourth-order valence-corrected chi connectivity index (χ4v) is 9.15. The van der Waals surface area contributed by atoms with Crippen LogP contribution in [0.1, 0.15) is 0 Å². The van der Waals surface area contributed by atoms with Crippen molar-refractivity contribution in [1.29, 1.82) is 0 Å². The molecule has 5 nitrogen and oxygen atoms in total. The molecule has 0 aliphatic carbocycles. The lowest BCUT2D eigenvalue weighted by Gasteiger charge is -2.15. The molecule has 62 heavy (non-hydrogen) atoms. The molecule has 0 atom stereocenters. The van der Waals surface area contributed by atoms with E-state index in [4.69, 9.17) is 15.0 Å². The van der Waals surface area contributed by atoms with Gasteiger partial charge in [-0.2, -0.15) is 9.97 Å². The van der Waals surface area contributed by atoms with Gasteiger partial charge in [0.05, 0.1) is 22.1 Å². The first kappa shape index (κ1) is 35.5. The van der Waals surface area contributed by atoms with E-state index in [9.17, 15) is 0 Å². The molecule has 0 radical (unpaired) electrons. The number of aromatic nitrogens is 5. The van der Waals surface area contributed by atoms with Crippen LogP contribution in [0.4, 0.5) is 0 Å². The van der Waals surface area contributed by atoms with Gasteiger partial charge < -0.3 is 4.57 Å². The van der Waals surface area contributed by atoms with Crippen molar-refractivity contribution in [3.63, 3.8) is 0 Å².